The topological polar surface area (TPSA) is 167 Å². The first-order chi connectivity index (χ1) is 28.6. The lowest BCUT2D eigenvalue weighted by Gasteiger charge is -2.48. The molecule has 3 aliphatic heterocycles. The number of anilines is 2. The maximum atomic E-state index is 13.5. The number of carbonyl (C=O) groups is 3. The third-order valence-electron chi connectivity index (χ3n) is 13.5. The number of nitrogens with zero attached hydrogens (tertiary/aromatic N) is 7. The van der Waals surface area contributed by atoms with Gasteiger partial charge in [-0.25, -0.2) is 9.78 Å². The van der Waals surface area contributed by atoms with Gasteiger partial charge in [0, 0.05) is 57.5 Å². The van der Waals surface area contributed by atoms with E-state index in [1.165, 1.54) is 44.1 Å². The lowest BCUT2D eigenvalue weighted by molar-refractivity contribution is -0.135. The molecule has 1 saturated carbocycles. The van der Waals surface area contributed by atoms with E-state index in [2.05, 4.69) is 31.5 Å². The van der Waals surface area contributed by atoms with Crippen molar-refractivity contribution in [3.8, 4) is 11.8 Å². The summed E-state index contributed by atoms with van der Waals surface area (Å²) in [5.41, 5.74) is 4.80. The lowest BCUT2D eigenvalue weighted by Crippen LogP contribution is -2.48. The number of likely N-dealkylation sites (tertiary alicyclic amines) is 1. The minimum Gasteiger partial charge on any atom is -0.494 e. The Kier molecular flexibility index (Phi) is 10.5. The zero-order valence-electron chi connectivity index (χ0n) is 33.5. The number of nitrogens with one attached hydrogen (secondary N) is 2. The number of imide groups is 1. The van der Waals surface area contributed by atoms with Crippen LogP contribution in [0, 0.1) is 22.7 Å². The van der Waals surface area contributed by atoms with Gasteiger partial charge >= 0.3 is 5.69 Å². The largest absolute Gasteiger partial charge is 0.494 e. The molecule has 3 aromatic heterocycles. The van der Waals surface area contributed by atoms with Gasteiger partial charge in [-0.15, -0.1) is 11.3 Å². The predicted octanol–water partition coefficient (Wildman–Crippen LogP) is 6.11. The van der Waals surface area contributed by atoms with Gasteiger partial charge in [-0.1, -0.05) is 6.07 Å². The standard InChI is InChI=1S/C44H49N9O5S/c1-50-39-33(4-3-5-34(39)53(43(50)57)35-10-11-38(54)49-41(35)56)52-18-14-44(15-19-52)12-16-51(17-13-44)26-27-6-8-29(9-7-27)42-48-32-21-36(58-2)31(22-37(32)59-42)47-40(55)30-20-28(23-45)24-46-25-30/h3-5,20-22,24-25,27,29,35H,6-19,26H2,1-2H3,(H,47,55)(H,49,54,56). The van der Waals surface area contributed by atoms with E-state index in [1.54, 1.807) is 34.6 Å². The number of nitriles is 1. The van der Waals surface area contributed by atoms with Crippen molar-refractivity contribution in [3.05, 3.63) is 75.4 Å². The van der Waals surface area contributed by atoms with Gasteiger partial charge in [0.05, 0.1) is 55.9 Å². The highest BCUT2D eigenvalue weighted by atomic mass is 32.1. The van der Waals surface area contributed by atoms with E-state index < -0.39 is 11.9 Å². The molecule has 1 aliphatic carbocycles. The Morgan fingerprint density at radius 3 is 2.51 bits per heavy atom. The van der Waals surface area contributed by atoms with E-state index in [0.29, 0.717) is 46.2 Å². The summed E-state index contributed by atoms with van der Waals surface area (Å²) in [7, 11) is 3.36. The van der Waals surface area contributed by atoms with Crippen LogP contribution in [0.25, 0.3) is 21.3 Å². The highest BCUT2D eigenvalue weighted by Gasteiger charge is 2.39. The molecule has 1 atom stereocenters. The number of benzene rings is 2. The molecule has 306 valence electrons. The van der Waals surface area contributed by atoms with Gasteiger partial charge in [0.25, 0.3) is 5.91 Å². The third-order valence-corrected chi connectivity index (χ3v) is 14.7. The fraction of sp³-hybridized carbons (Fsp3) is 0.477. The molecule has 59 heavy (non-hydrogen) atoms. The predicted molar refractivity (Wildman–Crippen MR) is 226 cm³/mol. The van der Waals surface area contributed by atoms with E-state index in [-0.39, 0.29) is 23.9 Å². The highest BCUT2D eigenvalue weighted by Crippen LogP contribution is 2.45. The molecule has 4 aliphatic rings. The summed E-state index contributed by atoms with van der Waals surface area (Å²) in [6.45, 7) is 5.30. The van der Waals surface area contributed by atoms with Crippen LogP contribution in [-0.2, 0) is 16.6 Å². The van der Waals surface area contributed by atoms with Crippen LogP contribution in [0.5, 0.6) is 5.75 Å². The molecule has 2 aromatic carbocycles. The molecule has 0 radical (unpaired) electrons. The first kappa shape index (κ1) is 38.9. The summed E-state index contributed by atoms with van der Waals surface area (Å²) < 4.78 is 9.87. The molecule has 9 rings (SSSR count). The summed E-state index contributed by atoms with van der Waals surface area (Å²) in [5, 5.41) is 15.7. The van der Waals surface area contributed by atoms with Crippen LogP contribution in [0.15, 0.2) is 53.6 Å². The van der Waals surface area contributed by atoms with Gasteiger partial charge in [0.15, 0.2) is 0 Å². The number of hydrogen-bond acceptors (Lipinski definition) is 11. The number of para-hydroxylation sites is 1. The summed E-state index contributed by atoms with van der Waals surface area (Å²) in [5.74, 6) is 0.592. The number of hydrogen-bond donors (Lipinski definition) is 2. The number of ether oxygens (including phenoxy) is 1. The molecule has 3 amide bonds. The molecule has 2 N–H and O–H groups in total. The van der Waals surface area contributed by atoms with Crippen LogP contribution >= 0.6 is 11.3 Å². The molecular formula is C44H49N9O5S. The van der Waals surface area contributed by atoms with Gasteiger partial charge in [-0.05, 0) is 106 Å². The fourth-order valence-corrected chi connectivity index (χ4v) is 11.2. The van der Waals surface area contributed by atoms with Crippen LogP contribution in [0.4, 0.5) is 11.4 Å². The number of pyridine rings is 1. The summed E-state index contributed by atoms with van der Waals surface area (Å²) >= 11 is 1.69. The summed E-state index contributed by atoms with van der Waals surface area (Å²) in [6.07, 6.45) is 12.7. The second kappa shape index (κ2) is 15.9. The van der Waals surface area contributed by atoms with Crippen LogP contribution in [0.1, 0.15) is 97.1 Å². The summed E-state index contributed by atoms with van der Waals surface area (Å²) in [6, 6.07) is 12.7. The van der Waals surface area contributed by atoms with Crippen LogP contribution in [0.2, 0.25) is 0 Å². The number of carbonyl (C=O) groups excluding carboxylic acids is 3. The molecule has 6 heterocycles. The quantitative estimate of drug-likeness (QED) is 0.175. The lowest BCUT2D eigenvalue weighted by atomic mass is 9.71. The minimum absolute atomic E-state index is 0.225. The average Bonchev–Trinajstić information content (AvgIpc) is 3.79. The number of aryl methyl sites for hydroxylation is 1. The highest BCUT2D eigenvalue weighted by molar-refractivity contribution is 7.18. The van der Waals surface area contributed by atoms with Crippen molar-refractivity contribution >= 4 is 61.7 Å². The molecule has 5 aromatic rings. The molecule has 4 fully saturated rings. The van der Waals surface area contributed by atoms with Crippen molar-refractivity contribution in [2.45, 2.75) is 76.2 Å². The Labute approximate surface area is 346 Å². The van der Waals surface area contributed by atoms with Gasteiger partial charge in [-0.2, -0.15) is 5.26 Å². The van der Waals surface area contributed by atoms with E-state index in [9.17, 15) is 24.4 Å². The average molecular weight is 816 g/mol. The molecule has 0 bridgehead atoms. The number of methoxy groups -OCH3 is 1. The number of amides is 3. The van der Waals surface area contributed by atoms with Crippen LogP contribution < -0.4 is 26.0 Å². The molecule has 1 spiro atoms. The van der Waals surface area contributed by atoms with Crippen molar-refractivity contribution in [2.24, 2.45) is 18.4 Å². The zero-order chi connectivity index (χ0) is 40.8. The Bertz CT molecular complexity index is 2540. The Balaban J connectivity index is 0.777. The smallest absolute Gasteiger partial charge is 0.329 e. The van der Waals surface area contributed by atoms with Crippen molar-refractivity contribution in [3.63, 3.8) is 0 Å². The summed E-state index contributed by atoms with van der Waals surface area (Å²) in [4.78, 5) is 65.2. The van der Waals surface area contributed by atoms with Gasteiger partial charge in [0.1, 0.15) is 17.9 Å². The number of aromatic nitrogens is 4. The van der Waals surface area contributed by atoms with Gasteiger partial charge in [0.2, 0.25) is 11.8 Å². The zero-order valence-corrected chi connectivity index (χ0v) is 34.4. The number of imidazole rings is 1. The number of piperidine rings is 3. The van der Waals surface area contributed by atoms with E-state index in [0.717, 1.165) is 90.4 Å². The molecular weight excluding hydrogens is 767 g/mol. The van der Waals surface area contributed by atoms with Crippen molar-refractivity contribution in [2.75, 3.05) is 50.1 Å². The Morgan fingerprint density at radius 1 is 1.02 bits per heavy atom. The SMILES string of the molecule is COc1cc2nc(C3CCC(CN4CCC5(CC4)CCN(c4cccc6c4n(C)c(=O)n6C4CCC(=O)NC4=O)CC5)CC3)sc2cc1NC(=O)c1cncc(C#N)c1. The molecule has 15 heteroatoms. The first-order valence-corrected chi connectivity index (χ1v) is 21.6. The number of fused-ring (bicyclic) bond motifs is 2. The van der Waals surface area contributed by atoms with Crippen molar-refractivity contribution in [1.82, 2.24) is 29.3 Å². The monoisotopic (exact) mass is 815 g/mol. The van der Waals surface area contributed by atoms with Crippen LogP contribution in [-0.4, -0.2) is 81.6 Å². The molecule has 14 nitrogen and oxygen atoms in total. The minimum atomic E-state index is -0.689. The normalized spacial score (nSPS) is 22.4. The second-order valence-electron chi connectivity index (χ2n) is 16.9. The van der Waals surface area contributed by atoms with Crippen molar-refractivity contribution < 1.29 is 19.1 Å². The van der Waals surface area contributed by atoms with Crippen molar-refractivity contribution in [1.29, 1.82) is 5.26 Å². The first-order valence-electron chi connectivity index (χ1n) is 20.8. The van der Waals surface area contributed by atoms with E-state index in [1.807, 2.05) is 30.3 Å². The van der Waals surface area contributed by atoms with E-state index in [4.69, 9.17) is 9.72 Å². The second-order valence-corrected chi connectivity index (χ2v) is 18.0. The fourth-order valence-electron chi connectivity index (χ4n) is 10.0. The molecule has 3 saturated heterocycles. The molecule has 1 unspecified atom stereocenters. The number of thiazole rings is 1. The van der Waals surface area contributed by atoms with E-state index >= 15 is 0 Å². The Morgan fingerprint density at radius 2 is 1.78 bits per heavy atom. The van der Waals surface area contributed by atoms with Crippen LogP contribution in [0.3, 0.4) is 0 Å². The maximum absolute atomic E-state index is 13.5. The Hall–Kier alpha value is -5.59. The number of rotatable bonds is 8. The maximum Gasteiger partial charge on any atom is 0.329 e. The third kappa shape index (κ3) is 7.48. The van der Waals surface area contributed by atoms with Gasteiger partial charge < -0.3 is 19.9 Å². The van der Waals surface area contributed by atoms with Gasteiger partial charge in [-0.3, -0.25) is 33.8 Å².